The van der Waals surface area contributed by atoms with Gasteiger partial charge in [-0.3, -0.25) is 4.79 Å². The lowest BCUT2D eigenvalue weighted by Gasteiger charge is -2.17. The summed E-state index contributed by atoms with van der Waals surface area (Å²) in [6, 6.07) is 7.60. The van der Waals surface area contributed by atoms with Gasteiger partial charge in [0.15, 0.2) is 0 Å². The van der Waals surface area contributed by atoms with Gasteiger partial charge >= 0.3 is 0 Å². The molecular weight excluding hydrogens is 271 g/mol. The van der Waals surface area contributed by atoms with E-state index in [-0.39, 0.29) is 18.3 Å². The molecule has 1 amide bonds. The van der Waals surface area contributed by atoms with E-state index in [4.69, 9.17) is 11.6 Å². The summed E-state index contributed by atoms with van der Waals surface area (Å²) in [5.74, 6) is 0.167. The predicted molar refractivity (Wildman–Crippen MR) is 78.3 cm³/mol. The number of nitrogens with zero attached hydrogens (tertiary/aromatic N) is 1. The Morgan fingerprint density at radius 1 is 1.44 bits per heavy atom. The summed E-state index contributed by atoms with van der Waals surface area (Å²) in [6.07, 6.45) is 1.45. The number of rotatable bonds is 6. The number of carbonyl (C=O) groups is 1. The molecule has 0 spiro atoms. The minimum absolute atomic E-state index is 0. The highest BCUT2D eigenvalue weighted by Gasteiger charge is 2.08. The third-order valence-corrected chi connectivity index (χ3v) is 2.79. The summed E-state index contributed by atoms with van der Waals surface area (Å²) in [4.78, 5) is 13.5. The molecule has 5 heteroatoms. The van der Waals surface area contributed by atoms with Gasteiger partial charge in [0, 0.05) is 25.0 Å². The summed E-state index contributed by atoms with van der Waals surface area (Å²) < 4.78 is 0. The van der Waals surface area contributed by atoms with Crippen LogP contribution in [0, 0.1) is 0 Å². The Bertz CT molecular complexity index is 372. The van der Waals surface area contributed by atoms with E-state index in [2.05, 4.69) is 5.32 Å². The van der Waals surface area contributed by atoms with E-state index in [0.717, 1.165) is 18.5 Å². The van der Waals surface area contributed by atoms with Gasteiger partial charge in [0.1, 0.15) is 0 Å². The second-order valence-corrected chi connectivity index (χ2v) is 4.52. The third-order valence-electron chi connectivity index (χ3n) is 2.55. The number of nitrogens with one attached hydrogen (secondary N) is 1. The number of carbonyl (C=O) groups excluding carboxylic acids is 1. The van der Waals surface area contributed by atoms with Crippen molar-refractivity contribution in [3.05, 3.63) is 34.9 Å². The first kappa shape index (κ1) is 17.2. The Balaban J connectivity index is 0.00000289. The minimum Gasteiger partial charge on any atom is -0.341 e. The maximum atomic E-state index is 11.8. The van der Waals surface area contributed by atoms with Crippen LogP contribution in [-0.4, -0.2) is 31.4 Å². The molecule has 1 aromatic carbocycles. The molecule has 102 valence electrons. The quantitative estimate of drug-likeness (QED) is 0.817. The molecule has 0 aromatic heterocycles. The average Bonchev–Trinajstić information content (AvgIpc) is 2.29. The van der Waals surface area contributed by atoms with Crippen LogP contribution in [0.1, 0.15) is 18.4 Å². The lowest BCUT2D eigenvalue weighted by Crippen LogP contribution is -2.26. The molecule has 0 fully saturated rings. The lowest BCUT2D eigenvalue weighted by molar-refractivity contribution is -0.130. The van der Waals surface area contributed by atoms with Crippen LogP contribution in [0.4, 0.5) is 0 Å². The minimum atomic E-state index is 0. The molecule has 0 atom stereocenters. The van der Waals surface area contributed by atoms with Gasteiger partial charge in [-0.2, -0.15) is 0 Å². The Labute approximate surface area is 120 Å². The van der Waals surface area contributed by atoms with Crippen molar-refractivity contribution in [2.45, 2.75) is 19.4 Å². The second-order valence-electron chi connectivity index (χ2n) is 4.09. The largest absolute Gasteiger partial charge is 0.341 e. The standard InChI is InChI=1S/C13H19ClN2O.ClH/c1-15-8-4-7-13(17)16(2)10-11-5-3-6-12(14)9-11;/h3,5-6,9,15H,4,7-8,10H2,1-2H3;1H. The molecule has 0 unspecified atom stereocenters. The van der Waals surface area contributed by atoms with E-state index in [9.17, 15) is 4.79 Å². The highest BCUT2D eigenvalue weighted by atomic mass is 35.5. The van der Waals surface area contributed by atoms with Gasteiger partial charge in [0.2, 0.25) is 5.91 Å². The second kappa shape index (κ2) is 9.20. The molecule has 0 saturated carbocycles. The van der Waals surface area contributed by atoms with Gasteiger partial charge in [0.05, 0.1) is 0 Å². The first-order valence-corrected chi connectivity index (χ1v) is 6.14. The lowest BCUT2D eigenvalue weighted by atomic mass is 10.2. The summed E-state index contributed by atoms with van der Waals surface area (Å²) in [5, 5.41) is 3.74. The normalized spacial score (nSPS) is 9.72. The Kier molecular flexibility index (Phi) is 8.81. The topological polar surface area (TPSA) is 32.3 Å². The number of benzene rings is 1. The van der Waals surface area contributed by atoms with E-state index >= 15 is 0 Å². The van der Waals surface area contributed by atoms with Gasteiger partial charge in [-0.1, -0.05) is 23.7 Å². The highest BCUT2D eigenvalue weighted by Crippen LogP contribution is 2.12. The van der Waals surface area contributed by atoms with E-state index in [1.54, 1.807) is 4.90 Å². The molecule has 1 rings (SSSR count). The predicted octanol–water partition coefficient (Wildman–Crippen LogP) is 2.72. The molecule has 1 N–H and O–H groups in total. The van der Waals surface area contributed by atoms with E-state index in [0.29, 0.717) is 18.0 Å². The van der Waals surface area contributed by atoms with Gasteiger partial charge in [0.25, 0.3) is 0 Å². The van der Waals surface area contributed by atoms with Crippen molar-refractivity contribution < 1.29 is 4.79 Å². The van der Waals surface area contributed by atoms with Crippen molar-refractivity contribution in [2.24, 2.45) is 0 Å². The van der Waals surface area contributed by atoms with Crippen LogP contribution in [0.3, 0.4) is 0 Å². The Morgan fingerprint density at radius 3 is 2.78 bits per heavy atom. The smallest absolute Gasteiger partial charge is 0.222 e. The Morgan fingerprint density at radius 2 is 2.17 bits per heavy atom. The molecule has 0 aliphatic carbocycles. The monoisotopic (exact) mass is 290 g/mol. The van der Waals surface area contributed by atoms with Crippen LogP contribution in [0.15, 0.2) is 24.3 Å². The maximum absolute atomic E-state index is 11.8. The first-order valence-electron chi connectivity index (χ1n) is 5.76. The zero-order valence-corrected chi connectivity index (χ0v) is 12.4. The molecule has 0 radical (unpaired) electrons. The van der Waals surface area contributed by atoms with Crippen molar-refractivity contribution in [3.63, 3.8) is 0 Å². The summed E-state index contributed by atoms with van der Waals surface area (Å²) in [6.45, 7) is 1.48. The zero-order valence-electron chi connectivity index (χ0n) is 10.8. The fraction of sp³-hybridized carbons (Fsp3) is 0.462. The van der Waals surface area contributed by atoms with E-state index < -0.39 is 0 Å². The molecule has 18 heavy (non-hydrogen) atoms. The maximum Gasteiger partial charge on any atom is 0.222 e. The summed E-state index contributed by atoms with van der Waals surface area (Å²) in [7, 11) is 3.71. The number of amides is 1. The molecule has 0 bridgehead atoms. The van der Waals surface area contributed by atoms with Crippen molar-refractivity contribution >= 4 is 29.9 Å². The SMILES string of the molecule is CNCCCC(=O)N(C)Cc1cccc(Cl)c1.Cl. The van der Waals surface area contributed by atoms with Crippen molar-refractivity contribution in [1.82, 2.24) is 10.2 Å². The van der Waals surface area contributed by atoms with Gasteiger partial charge < -0.3 is 10.2 Å². The molecule has 0 heterocycles. The third kappa shape index (κ3) is 6.24. The molecule has 0 aliphatic rings. The fourth-order valence-corrected chi connectivity index (χ4v) is 1.82. The molecule has 3 nitrogen and oxygen atoms in total. The fourth-order valence-electron chi connectivity index (χ4n) is 1.60. The highest BCUT2D eigenvalue weighted by molar-refractivity contribution is 6.30. The van der Waals surface area contributed by atoms with Crippen LogP contribution in [0.5, 0.6) is 0 Å². The van der Waals surface area contributed by atoms with Crippen LogP contribution < -0.4 is 5.32 Å². The summed E-state index contributed by atoms with van der Waals surface area (Å²) >= 11 is 5.90. The molecule has 0 saturated heterocycles. The van der Waals surface area contributed by atoms with Crippen LogP contribution in [0.2, 0.25) is 5.02 Å². The van der Waals surface area contributed by atoms with E-state index in [1.807, 2.05) is 38.4 Å². The van der Waals surface area contributed by atoms with Crippen molar-refractivity contribution in [2.75, 3.05) is 20.6 Å². The first-order chi connectivity index (χ1) is 8.13. The summed E-state index contributed by atoms with van der Waals surface area (Å²) in [5.41, 5.74) is 1.06. The van der Waals surface area contributed by atoms with Crippen molar-refractivity contribution in [3.8, 4) is 0 Å². The molecule has 0 aliphatic heterocycles. The number of hydrogen-bond donors (Lipinski definition) is 1. The van der Waals surface area contributed by atoms with Gasteiger partial charge in [-0.05, 0) is 37.7 Å². The number of hydrogen-bond acceptors (Lipinski definition) is 2. The van der Waals surface area contributed by atoms with Gasteiger partial charge in [-0.25, -0.2) is 0 Å². The van der Waals surface area contributed by atoms with Crippen molar-refractivity contribution in [1.29, 1.82) is 0 Å². The average molecular weight is 291 g/mol. The van der Waals surface area contributed by atoms with Crippen LogP contribution in [0.25, 0.3) is 0 Å². The number of halogens is 2. The molecule has 1 aromatic rings. The van der Waals surface area contributed by atoms with Gasteiger partial charge in [-0.15, -0.1) is 12.4 Å². The molecular formula is C13H20Cl2N2O. The van der Waals surface area contributed by atoms with Crippen LogP contribution >= 0.6 is 24.0 Å². The van der Waals surface area contributed by atoms with Crippen LogP contribution in [-0.2, 0) is 11.3 Å². The zero-order chi connectivity index (χ0) is 12.7. The van der Waals surface area contributed by atoms with E-state index in [1.165, 1.54) is 0 Å². The Hall–Kier alpha value is -0.770.